The van der Waals surface area contributed by atoms with E-state index in [9.17, 15) is 9.59 Å². The molecule has 10 heteroatoms. The van der Waals surface area contributed by atoms with Crippen molar-refractivity contribution in [1.82, 2.24) is 15.6 Å². The third-order valence-electron chi connectivity index (χ3n) is 8.10. The minimum Gasteiger partial charge on any atom is -0.453 e. The first-order valence-corrected chi connectivity index (χ1v) is 16.7. The number of rotatable bonds is 12. The smallest absolute Gasteiger partial charge is 0.407 e. The number of nitrogens with zero attached hydrogens (tertiary/aromatic N) is 1. The summed E-state index contributed by atoms with van der Waals surface area (Å²) in [6, 6.07) is 30.1. The van der Waals surface area contributed by atoms with Crippen molar-refractivity contribution in [3.63, 3.8) is 0 Å². The second-order valence-corrected chi connectivity index (χ2v) is 12.6. The Balaban J connectivity index is 1.29. The number of pyridine rings is 1. The van der Waals surface area contributed by atoms with Crippen molar-refractivity contribution >= 4 is 41.1 Å². The summed E-state index contributed by atoms with van der Waals surface area (Å²) in [7, 11) is 1.29. The number of hydrogen-bond acceptors (Lipinski definition) is 7. The molecule has 8 nitrogen and oxygen atoms in total. The molecule has 0 saturated carbocycles. The van der Waals surface area contributed by atoms with Gasteiger partial charge >= 0.3 is 6.09 Å². The first-order chi connectivity index (χ1) is 22.4. The Morgan fingerprint density at radius 1 is 1.00 bits per heavy atom. The van der Waals surface area contributed by atoms with E-state index >= 15 is 0 Å². The molecule has 240 valence electrons. The maximum absolute atomic E-state index is 14.1. The van der Waals surface area contributed by atoms with E-state index in [0.717, 1.165) is 40.4 Å². The predicted octanol–water partition coefficient (Wildman–Crippen LogP) is 6.70. The van der Waals surface area contributed by atoms with Crippen LogP contribution in [0.2, 0.25) is 5.02 Å². The number of aryl methyl sites for hydroxylation is 1. The number of methoxy groups -OCH3 is 1. The highest BCUT2D eigenvalue weighted by molar-refractivity contribution is 7.99. The molecule has 4 atom stereocenters. The molecule has 5 rings (SSSR count). The van der Waals surface area contributed by atoms with Crippen molar-refractivity contribution in [3.8, 4) is 0 Å². The van der Waals surface area contributed by atoms with Gasteiger partial charge < -0.3 is 25.4 Å². The van der Waals surface area contributed by atoms with Crippen molar-refractivity contribution in [2.45, 2.75) is 55.0 Å². The van der Waals surface area contributed by atoms with Crippen LogP contribution in [0.1, 0.15) is 36.0 Å². The van der Waals surface area contributed by atoms with Gasteiger partial charge in [-0.05, 0) is 54.7 Å². The van der Waals surface area contributed by atoms with Gasteiger partial charge in [-0.25, -0.2) is 9.78 Å². The Labute approximate surface area is 279 Å². The summed E-state index contributed by atoms with van der Waals surface area (Å²) in [5.74, 6) is -0.0644. The molecule has 1 aromatic heterocycles. The molecule has 4 aromatic rings. The van der Waals surface area contributed by atoms with E-state index in [1.165, 1.54) is 7.11 Å². The van der Waals surface area contributed by atoms with E-state index in [1.54, 1.807) is 18.0 Å². The lowest BCUT2D eigenvalue weighted by molar-refractivity contribution is -0.118. The SMILES string of the molecule is COC(=O)NC(C(=O)Nc1ccccc1CC[C@@H]1CN[C@H](C)[C@@H](CSc2ncccc2Cl)O1)C(c1ccccc1)c1ccccc1. The Morgan fingerprint density at radius 2 is 1.67 bits per heavy atom. The highest BCUT2D eigenvalue weighted by Gasteiger charge is 2.33. The molecule has 2 heterocycles. The van der Waals surface area contributed by atoms with Gasteiger partial charge in [0.15, 0.2) is 0 Å². The summed E-state index contributed by atoms with van der Waals surface area (Å²) in [6.45, 7) is 2.87. The van der Waals surface area contributed by atoms with Crippen LogP contribution in [0, 0.1) is 0 Å². The van der Waals surface area contributed by atoms with Crippen LogP contribution in [0.3, 0.4) is 0 Å². The van der Waals surface area contributed by atoms with Crippen LogP contribution in [0.4, 0.5) is 10.5 Å². The average Bonchev–Trinajstić information content (AvgIpc) is 3.09. The van der Waals surface area contributed by atoms with E-state index in [1.807, 2.05) is 97.1 Å². The van der Waals surface area contributed by atoms with Crippen molar-refractivity contribution < 1.29 is 19.1 Å². The van der Waals surface area contributed by atoms with Gasteiger partial charge in [0.25, 0.3) is 0 Å². The van der Waals surface area contributed by atoms with Crippen molar-refractivity contribution in [2.75, 3.05) is 24.7 Å². The number of nitrogens with one attached hydrogen (secondary N) is 3. The second-order valence-electron chi connectivity index (χ2n) is 11.2. The number of morpholine rings is 1. The molecular weight excluding hydrogens is 620 g/mol. The van der Waals surface area contributed by atoms with Crippen LogP contribution >= 0.6 is 23.4 Å². The zero-order valence-corrected chi connectivity index (χ0v) is 27.5. The van der Waals surface area contributed by atoms with E-state index in [-0.39, 0.29) is 24.2 Å². The monoisotopic (exact) mass is 658 g/mol. The molecule has 0 radical (unpaired) electrons. The van der Waals surface area contributed by atoms with Gasteiger partial charge in [-0.1, -0.05) is 90.5 Å². The number of anilines is 1. The number of halogens is 1. The molecular formula is C36H39ClN4O4S. The van der Waals surface area contributed by atoms with E-state index in [0.29, 0.717) is 17.1 Å². The molecule has 1 unspecified atom stereocenters. The van der Waals surface area contributed by atoms with Crippen molar-refractivity contribution in [3.05, 3.63) is 125 Å². The first-order valence-electron chi connectivity index (χ1n) is 15.4. The quantitative estimate of drug-likeness (QED) is 0.146. The van der Waals surface area contributed by atoms with Gasteiger partial charge in [-0.15, -0.1) is 11.8 Å². The van der Waals surface area contributed by atoms with Crippen molar-refractivity contribution in [1.29, 1.82) is 0 Å². The molecule has 0 bridgehead atoms. The minimum atomic E-state index is -0.941. The highest BCUT2D eigenvalue weighted by atomic mass is 35.5. The van der Waals surface area contributed by atoms with Crippen LogP contribution in [-0.4, -0.2) is 60.7 Å². The Morgan fingerprint density at radius 3 is 2.35 bits per heavy atom. The van der Waals surface area contributed by atoms with Gasteiger partial charge in [-0.2, -0.15) is 0 Å². The van der Waals surface area contributed by atoms with Crippen LogP contribution < -0.4 is 16.0 Å². The highest BCUT2D eigenvalue weighted by Crippen LogP contribution is 2.31. The second kappa shape index (κ2) is 16.6. The molecule has 1 saturated heterocycles. The summed E-state index contributed by atoms with van der Waals surface area (Å²) >= 11 is 7.91. The van der Waals surface area contributed by atoms with Gasteiger partial charge in [-0.3, -0.25) is 4.79 Å². The number of thioether (sulfide) groups is 1. The fourth-order valence-corrected chi connectivity index (χ4v) is 6.94. The lowest BCUT2D eigenvalue weighted by atomic mass is 9.84. The number of ether oxygens (including phenoxy) is 2. The molecule has 1 aliphatic rings. The Kier molecular flexibility index (Phi) is 12.1. The Bertz CT molecular complexity index is 1540. The topological polar surface area (TPSA) is 102 Å². The van der Waals surface area contributed by atoms with E-state index in [4.69, 9.17) is 21.1 Å². The minimum absolute atomic E-state index is 0.000886. The fourth-order valence-electron chi connectivity index (χ4n) is 5.63. The van der Waals surface area contributed by atoms with E-state index in [2.05, 4.69) is 27.9 Å². The lowest BCUT2D eigenvalue weighted by Crippen LogP contribution is -2.52. The summed E-state index contributed by atoms with van der Waals surface area (Å²) in [5.41, 5.74) is 3.47. The summed E-state index contributed by atoms with van der Waals surface area (Å²) in [6.07, 6.45) is 2.51. The fraction of sp³-hybridized carbons (Fsp3) is 0.306. The molecule has 0 spiro atoms. The zero-order valence-electron chi connectivity index (χ0n) is 25.9. The van der Waals surface area contributed by atoms with Crippen LogP contribution in [0.15, 0.2) is 108 Å². The standard InChI is InChI=1S/C36H39ClN4O4S/c1-24-31(23-46-35-29(37)17-11-21-38-35)45-28(22-39-24)20-19-25-12-9-10-18-30(25)40-34(42)33(41-36(43)44-2)32(26-13-5-3-6-14-26)27-15-7-4-8-16-27/h3-18,21,24,28,31-33,39H,19-20,22-23H2,1-2H3,(H,40,42)(H,41,43)/t24-,28-,31-,33?/m1/s1. The number of carbonyl (C=O) groups excluding carboxylic acids is 2. The largest absolute Gasteiger partial charge is 0.453 e. The molecule has 1 fully saturated rings. The zero-order chi connectivity index (χ0) is 32.3. The lowest BCUT2D eigenvalue weighted by Gasteiger charge is -2.36. The number of benzene rings is 3. The van der Waals surface area contributed by atoms with Crippen LogP contribution in [-0.2, 0) is 20.7 Å². The number of hydrogen-bond donors (Lipinski definition) is 3. The summed E-state index contributed by atoms with van der Waals surface area (Å²) in [4.78, 5) is 31.0. The molecule has 3 aromatic carbocycles. The number of para-hydroxylation sites is 1. The number of aromatic nitrogens is 1. The van der Waals surface area contributed by atoms with Crippen molar-refractivity contribution in [2.24, 2.45) is 0 Å². The summed E-state index contributed by atoms with van der Waals surface area (Å²) < 4.78 is 11.5. The van der Waals surface area contributed by atoms with Gasteiger partial charge in [0.1, 0.15) is 11.1 Å². The number of amides is 2. The normalized spacial score (nSPS) is 18.5. The maximum atomic E-state index is 14.1. The molecule has 2 amide bonds. The molecule has 1 aliphatic heterocycles. The van der Waals surface area contributed by atoms with Gasteiger partial charge in [0.2, 0.25) is 5.91 Å². The third kappa shape index (κ3) is 8.88. The van der Waals surface area contributed by atoms with Gasteiger partial charge in [0, 0.05) is 36.1 Å². The molecule has 3 N–H and O–H groups in total. The van der Waals surface area contributed by atoms with Crippen LogP contribution in [0.5, 0.6) is 0 Å². The van der Waals surface area contributed by atoms with Gasteiger partial charge in [0.05, 0.1) is 24.3 Å². The first kappa shape index (κ1) is 33.5. The number of alkyl carbamates (subject to hydrolysis) is 1. The third-order valence-corrected chi connectivity index (χ3v) is 9.62. The average molecular weight is 659 g/mol. The maximum Gasteiger partial charge on any atom is 0.407 e. The molecule has 46 heavy (non-hydrogen) atoms. The van der Waals surface area contributed by atoms with E-state index < -0.39 is 18.1 Å². The molecule has 0 aliphatic carbocycles. The predicted molar refractivity (Wildman–Crippen MR) is 184 cm³/mol. The van der Waals surface area contributed by atoms with Crippen LogP contribution in [0.25, 0.3) is 0 Å². The summed E-state index contributed by atoms with van der Waals surface area (Å²) in [5, 5.41) is 11.0. The Hall–Kier alpha value is -3.89. The number of carbonyl (C=O) groups is 2.